The monoisotopic (exact) mass is 396 g/mol. The highest BCUT2D eigenvalue weighted by Gasteiger charge is 2.09. The molecule has 0 aliphatic heterocycles. The maximum absolute atomic E-state index is 11.5. The third kappa shape index (κ3) is 4.78. The number of carbonyl (C=O) groups excluding carboxylic acids is 1. The first-order chi connectivity index (χ1) is 14.7. The van der Waals surface area contributed by atoms with E-state index in [1.807, 2.05) is 18.2 Å². The third-order valence-electron chi connectivity index (χ3n) is 5.06. The molecule has 4 rings (SSSR count). The number of benzene rings is 2. The van der Waals surface area contributed by atoms with Gasteiger partial charge in [0.05, 0.1) is 12.7 Å². The van der Waals surface area contributed by atoms with E-state index in [1.165, 1.54) is 23.8 Å². The van der Waals surface area contributed by atoms with Crippen molar-refractivity contribution >= 4 is 5.97 Å². The Morgan fingerprint density at radius 3 is 1.60 bits per heavy atom. The van der Waals surface area contributed by atoms with E-state index >= 15 is 0 Å². The highest BCUT2D eigenvalue weighted by molar-refractivity contribution is 5.89. The average molecular weight is 396 g/mol. The number of nitrogens with zero attached hydrogens (tertiary/aromatic N) is 2. The molecule has 0 radical (unpaired) electrons. The van der Waals surface area contributed by atoms with Crippen molar-refractivity contribution in [3.63, 3.8) is 0 Å². The summed E-state index contributed by atoms with van der Waals surface area (Å²) in [6.45, 7) is 1.61. The number of carbonyl (C=O) groups is 1. The van der Waals surface area contributed by atoms with E-state index in [1.54, 1.807) is 12.1 Å². The summed E-state index contributed by atoms with van der Waals surface area (Å²) in [4.78, 5) is 11.5. The molecule has 0 spiro atoms. The van der Waals surface area contributed by atoms with Gasteiger partial charge in [-0.15, -0.1) is 0 Å². The summed E-state index contributed by atoms with van der Waals surface area (Å²) in [5.41, 5.74) is 5.35. The van der Waals surface area contributed by atoms with Crippen LogP contribution in [0.25, 0.3) is 11.1 Å². The van der Waals surface area contributed by atoms with Crippen molar-refractivity contribution in [3.8, 4) is 11.1 Å². The van der Waals surface area contributed by atoms with Gasteiger partial charge in [0.15, 0.2) is 37.9 Å². The van der Waals surface area contributed by atoms with E-state index in [9.17, 15) is 4.79 Å². The number of hydrogen-bond acceptors (Lipinski definition) is 2. The number of hydrogen-bond donors (Lipinski definition) is 0. The van der Waals surface area contributed by atoms with Gasteiger partial charge in [-0.2, -0.15) is 0 Å². The van der Waals surface area contributed by atoms with Crippen LogP contribution in [0.5, 0.6) is 0 Å². The van der Waals surface area contributed by atoms with Crippen molar-refractivity contribution in [1.82, 2.24) is 0 Å². The minimum absolute atomic E-state index is 0.313. The van der Waals surface area contributed by atoms with Crippen molar-refractivity contribution < 1.29 is 18.7 Å². The van der Waals surface area contributed by atoms with Gasteiger partial charge in [-0.3, -0.25) is 0 Å². The Hall–Kier alpha value is -3.79. The zero-order valence-corrected chi connectivity index (χ0v) is 16.9. The molecular weight excluding hydrogens is 372 g/mol. The Morgan fingerprint density at radius 2 is 1.13 bits per heavy atom. The minimum Gasteiger partial charge on any atom is -0.465 e. The second kappa shape index (κ2) is 9.14. The van der Waals surface area contributed by atoms with Gasteiger partial charge in [-0.25, -0.2) is 13.9 Å². The van der Waals surface area contributed by atoms with Gasteiger partial charge in [-0.05, 0) is 23.3 Å². The first-order valence-corrected chi connectivity index (χ1v) is 9.91. The van der Waals surface area contributed by atoms with E-state index < -0.39 is 0 Å². The molecule has 2 heterocycles. The Labute approximate surface area is 176 Å². The molecule has 0 saturated heterocycles. The van der Waals surface area contributed by atoms with Crippen molar-refractivity contribution in [2.45, 2.75) is 13.1 Å². The molecule has 0 saturated carbocycles. The fraction of sp³-hybridized carbons (Fsp3) is 0.115. The van der Waals surface area contributed by atoms with E-state index in [0.29, 0.717) is 5.56 Å². The van der Waals surface area contributed by atoms with Crippen LogP contribution in [-0.4, -0.2) is 13.1 Å². The van der Waals surface area contributed by atoms with E-state index in [0.717, 1.165) is 18.7 Å². The molecule has 4 heteroatoms. The first-order valence-electron chi connectivity index (χ1n) is 9.91. The minimum atomic E-state index is -0.313. The fourth-order valence-electron chi connectivity index (χ4n) is 3.38. The molecule has 30 heavy (non-hydrogen) atoms. The lowest BCUT2D eigenvalue weighted by Crippen LogP contribution is -2.33. The number of ether oxygens (including phenoxy) is 1. The lowest BCUT2D eigenvalue weighted by molar-refractivity contribution is -0.688. The summed E-state index contributed by atoms with van der Waals surface area (Å²) in [5, 5.41) is 0. The first kappa shape index (κ1) is 19.5. The summed E-state index contributed by atoms with van der Waals surface area (Å²) in [6, 6.07) is 26.5. The van der Waals surface area contributed by atoms with Crippen LogP contribution in [0, 0.1) is 0 Å². The van der Waals surface area contributed by atoms with Crippen molar-refractivity contribution in [1.29, 1.82) is 0 Å². The highest BCUT2D eigenvalue weighted by Crippen LogP contribution is 2.16. The van der Waals surface area contributed by atoms with E-state index in [-0.39, 0.29) is 5.97 Å². The van der Waals surface area contributed by atoms with E-state index in [2.05, 4.69) is 82.5 Å². The standard InChI is InChI=1S/C26H24N2O2/c1-30-26(29)25-9-7-22(8-10-25)20-28-17-13-24(14-18-28)23-11-15-27(16-12-23)19-21-5-3-2-4-6-21/h2-18H,19-20H2,1H3/q+2. The fourth-order valence-corrected chi connectivity index (χ4v) is 3.38. The van der Waals surface area contributed by atoms with Gasteiger partial charge in [-0.1, -0.05) is 42.5 Å². The quantitative estimate of drug-likeness (QED) is 0.367. The molecule has 0 aliphatic rings. The zero-order valence-electron chi connectivity index (χ0n) is 16.9. The predicted octanol–water partition coefficient (Wildman–Crippen LogP) is 3.81. The highest BCUT2D eigenvalue weighted by atomic mass is 16.5. The molecule has 0 unspecified atom stereocenters. The molecule has 0 atom stereocenters. The molecule has 0 fully saturated rings. The second-order valence-electron chi connectivity index (χ2n) is 7.19. The van der Waals surface area contributed by atoms with E-state index in [4.69, 9.17) is 4.74 Å². The molecule has 0 N–H and O–H groups in total. The van der Waals surface area contributed by atoms with Gasteiger partial charge in [0.25, 0.3) is 0 Å². The van der Waals surface area contributed by atoms with Crippen molar-refractivity contribution in [3.05, 3.63) is 120 Å². The summed E-state index contributed by atoms with van der Waals surface area (Å²) in [6.07, 6.45) is 8.39. The topological polar surface area (TPSA) is 34.1 Å². The molecule has 4 aromatic rings. The largest absolute Gasteiger partial charge is 0.465 e. The SMILES string of the molecule is COC(=O)c1ccc(C[n+]2ccc(-c3cc[n+](Cc4ccccc4)cc3)cc2)cc1. The Kier molecular flexibility index (Phi) is 5.95. The Bertz CT molecular complexity index is 1100. The second-order valence-corrected chi connectivity index (χ2v) is 7.19. The molecule has 0 aliphatic carbocycles. The van der Waals surface area contributed by atoms with Crippen LogP contribution in [0.2, 0.25) is 0 Å². The zero-order chi connectivity index (χ0) is 20.8. The summed E-state index contributed by atoms with van der Waals surface area (Å²) in [5.74, 6) is -0.313. The van der Waals surface area contributed by atoms with Crippen LogP contribution >= 0.6 is 0 Å². The summed E-state index contributed by atoms with van der Waals surface area (Å²) >= 11 is 0. The van der Waals surface area contributed by atoms with Crippen LogP contribution in [-0.2, 0) is 17.8 Å². The Morgan fingerprint density at radius 1 is 0.667 bits per heavy atom. The van der Waals surface area contributed by atoms with Gasteiger partial charge in [0.1, 0.15) is 0 Å². The maximum Gasteiger partial charge on any atom is 0.337 e. The van der Waals surface area contributed by atoms with Crippen LogP contribution in [0.1, 0.15) is 21.5 Å². The lowest BCUT2D eigenvalue weighted by Gasteiger charge is -2.03. The summed E-state index contributed by atoms with van der Waals surface area (Å²) in [7, 11) is 1.39. The molecule has 148 valence electrons. The molecule has 4 nitrogen and oxygen atoms in total. The third-order valence-corrected chi connectivity index (χ3v) is 5.06. The van der Waals surface area contributed by atoms with Gasteiger partial charge < -0.3 is 4.74 Å². The number of pyridine rings is 2. The number of methoxy groups -OCH3 is 1. The van der Waals surface area contributed by atoms with Crippen LogP contribution in [0.4, 0.5) is 0 Å². The van der Waals surface area contributed by atoms with Crippen molar-refractivity contribution in [2.24, 2.45) is 0 Å². The van der Waals surface area contributed by atoms with Crippen LogP contribution < -0.4 is 9.13 Å². The molecule has 2 aromatic heterocycles. The average Bonchev–Trinajstić information content (AvgIpc) is 2.81. The Balaban J connectivity index is 1.41. The van der Waals surface area contributed by atoms with Gasteiger partial charge in [0, 0.05) is 35.4 Å². The predicted molar refractivity (Wildman–Crippen MR) is 115 cm³/mol. The van der Waals surface area contributed by atoms with Gasteiger partial charge in [0.2, 0.25) is 0 Å². The van der Waals surface area contributed by atoms with Gasteiger partial charge >= 0.3 is 5.97 Å². The summed E-state index contributed by atoms with van der Waals surface area (Å²) < 4.78 is 9.04. The molecule has 0 amide bonds. The number of esters is 1. The van der Waals surface area contributed by atoms with Crippen LogP contribution in [0.3, 0.4) is 0 Å². The van der Waals surface area contributed by atoms with Crippen LogP contribution in [0.15, 0.2) is 104 Å². The number of rotatable bonds is 6. The lowest BCUT2D eigenvalue weighted by atomic mass is 10.1. The molecule has 0 bridgehead atoms. The van der Waals surface area contributed by atoms with Crippen molar-refractivity contribution in [2.75, 3.05) is 7.11 Å². The molecule has 2 aromatic carbocycles. The molecular formula is C26H24N2O2+2. The smallest absolute Gasteiger partial charge is 0.337 e. The maximum atomic E-state index is 11.5. The number of aromatic nitrogens is 2. The normalized spacial score (nSPS) is 10.6.